The molecule has 2 atom stereocenters. The number of hydrogen-bond donors (Lipinski definition) is 2. The summed E-state index contributed by atoms with van der Waals surface area (Å²) < 4.78 is 25.9. The number of H-pyrrole nitrogens is 1. The molecule has 142 valence electrons. The average Bonchev–Trinajstić information content (AvgIpc) is 3.14. The zero-order valence-corrected chi connectivity index (χ0v) is 16.2. The lowest BCUT2D eigenvalue weighted by atomic mass is 9.92. The molecule has 1 aliphatic heterocycles. The van der Waals surface area contributed by atoms with Gasteiger partial charge in [0.15, 0.2) is 0 Å². The van der Waals surface area contributed by atoms with Crippen molar-refractivity contribution in [3.63, 3.8) is 0 Å². The smallest absolute Gasteiger partial charge is 0.223 e. The van der Waals surface area contributed by atoms with Gasteiger partial charge >= 0.3 is 0 Å². The summed E-state index contributed by atoms with van der Waals surface area (Å²) in [4.78, 5) is 22.1. The Morgan fingerprint density at radius 3 is 2.73 bits per heavy atom. The summed E-state index contributed by atoms with van der Waals surface area (Å²) in [5, 5.41) is 0. The number of imidazole rings is 1. The van der Waals surface area contributed by atoms with Crippen molar-refractivity contribution in [1.29, 1.82) is 0 Å². The second-order valence-corrected chi connectivity index (χ2v) is 9.18. The molecule has 2 unspecified atom stereocenters. The van der Waals surface area contributed by atoms with Gasteiger partial charge in [-0.3, -0.25) is 4.79 Å². The minimum Gasteiger partial charge on any atom is -0.342 e. The molecule has 2 N–H and O–H groups in total. The molecular formula is C18H26N4O3S. The Morgan fingerprint density at radius 1 is 1.35 bits per heavy atom. The molecule has 1 aliphatic rings. The summed E-state index contributed by atoms with van der Waals surface area (Å²) in [5.41, 5.74) is 1.86. The molecule has 1 fully saturated rings. The molecule has 1 aromatic carbocycles. The van der Waals surface area contributed by atoms with Gasteiger partial charge in [-0.05, 0) is 24.0 Å². The standard InChI is InChI=1S/C18H26N4O3S/c1-12(2)13-10-22(11-16(13)21-26(3,24)25)18(23)9-8-17-19-14-6-4-5-7-15(14)20-17/h4-7,12-13,16,21H,8-11H2,1-3H3,(H,19,20). The first-order valence-electron chi connectivity index (χ1n) is 8.91. The number of benzene rings is 1. The first-order chi connectivity index (χ1) is 12.2. The molecule has 1 amide bonds. The zero-order valence-electron chi connectivity index (χ0n) is 15.4. The van der Waals surface area contributed by atoms with Crippen molar-refractivity contribution in [3.8, 4) is 0 Å². The lowest BCUT2D eigenvalue weighted by Gasteiger charge is -2.21. The van der Waals surface area contributed by atoms with E-state index < -0.39 is 10.0 Å². The highest BCUT2D eigenvalue weighted by atomic mass is 32.2. The molecule has 3 rings (SSSR count). The van der Waals surface area contributed by atoms with E-state index in [9.17, 15) is 13.2 Å². The monoisotopic (exact) mass is 378 g/mol. The molecule has 0 spiro atoms. The van der Waals surface area contributed by atoms with Crippen molar-refractivity contribution in [1.82, 2.24) is 19.6 Å². The normalized spacial score (nSPS) is 21.0. The van der Waals surface area contributed by atoms with Crippen LogP contribution in [0.4, 0.5) is 0 Å². The van der Waals surface area contributed by atoms with Gasteiger partial charge in [-0.15, -0.1) is 0 Å². The molecule has 1 saturated heterocycles. The second kappa shape index (κ2) is 7.36. The number of rotatable bonds is 6. The fourth-order valence-corrected chi connectivity index (χ4v) is 4.41. The number of fused-ring (bicyclic) bond motifs is 1. The Morgan fingerprint density at radius 2 is 2.08 bits per heavy atom. The first kappa shape index (κ1) is 18.8. The highest BCUT2D eigenvalue weighted by Gasteiger charge is 2.37. The maximum Gasteiger partial charge on any atom is 0.223 e. The van der Waals surface area contributed by atoms with Crippen LogP contribution in [0.2, 0.25) is 0 Å². The third kappa shape index (κ3) is 4.42. The van der Waals surface area contributed by atoms with Crippen LogP contribution in [0, 0.1) is 11.8 Å². The van der Waals surface area contributed by atoms with Gasteiger partial charge in [0.1, 0.15) is 5.82 Å². The number of hydrogen-bond acceptors (Lipinski definition) is 4. The molecule has 8 heteroatoms. The van der Waals surface area contributed by atoms with Crippen LogP contribution in [0.1, 0.15) is 26.1 Å². The van der Waals surface area contributed by atoms with Gasteiger partial charge in [0.05, 0.1) is 17.3 Å². The molecule has 2 heterocycles. The zero-order chi connectivity index (χ0) is 18.9. The van der Waals surface area contributed by atoms with Gasteiger partial charge in [-0.1, -0.05) is 26.0 Å². The Balaban J connectivity index is 1.62. The summed E-state index contributed by atoms with van der Waals surface area (Å²) >= 11 is 0. The molecule has 0 aliphatic carbocycles. The van der Waals surface area contributed by atoms with E-state index >= 15 is 0 Å². The van der Waals surface area contributed by atoms with Gasteiger partial charge in [-0.2, -0.15) is 0 Å². The minimum atomic E-state index is -3.30. The van der Waals surface area contributed by atoms with Crippen molar-refractivity contribution < 1.29 is 13.2 Å². The van der Waals surface area contributed by atoms with Crippen LogP contribution in [0.15, 0.2) is 24.3 Å². The summed E-state index contributed by atoms with van der Waals surface area (Å²) in [7, 11) is -3.30. The number of aryl methyl sites for hydroxylation is 1. The number of nitrogens with zero attached hydrogens (tertiary/aromatic N) is 2. The van der Waals surface area contributed by atoms with E-state index in [0.717, 1.165) is 23.1 Å². The number of carbonyl (C=O) groups is 1. The van der Waals surface area contributed by atoms with Crippen LogP contribution in [0.25, 0.3) is 11.0 Å². The largest absolute Gasteiger partial charge is 0.342 e. The van der Waals surface area contributed by atoms with Crippen molar-refractivity contribution in [3.05, 3.63) is 30.1 Å². The number of para-hydroxylation sites is 2. The number of aromatic amines is 1. The van der Waals surface area contributed by atoms with Crippen molar-refractivity contribution >= 4 is 27.0 Å². The Bertz CT molecular complexity index is 858. The predicted octanol–water partition coefficient (Wildman–Crippen LogP) is 1.53. The van der Waals surface area contributed by atoms with Crippen molar-refractivity contribution in [2.24, 2.45) is 11.8 Å². The van der Waals surface area contributed by atoms with Crippen LogP contribution in [0.3, 0.4) is 0 Å². The molecule has 0 saturated carbocycles. The molecule has 0 bridgehead atoms. The lowest BCUT2D eigenvalue weighted by Crippen LogP contribution is -2.41. The van der Waals surface area contributed by atoms with E-state index in [1.165, 1.54) is 0 Å². The fraction of sp³-hybridized carbons (Fsp3) is 0.556. The molecular weight excluding hydrogens is 352 g/mol. The third-order valence-electron chi connectivity index (χ3n) is 4.95. The highest BCUT2D eigenvalue weighted by molar-refractivity contribution is 7.88. The lowest BCUT2D eigenvalue weighted by molar-refractivity contribution is -0.130. The van der Waals surface area contributed by atoms with Crippen LogP contribution >= 0.6 is 0 Å². The summed E-state index contributed by atoms with van der Waals surface area (Å²) in [6, 6.07) is 7.55. The number of sulfonamides is 1. The average molecular weight is 378 g/mol. The number of nitrogens with one attached hydrogen (secondary N) is 2. The molecule has 26 heavy (non-hydrogen) atoms. The Labute approximate surface area is 154 Å². The van der Waals surface area contributed by atoms with E-state index in [1.807, 2.05) is 24.3 Å². The van der Waals surface area contributed by atoms with E-state index in [1.54, 1.807) is 4.90 Å². The fourth-order valence-electron chi connectivity index (χ4n) is 3.62. The van der Waals surface area contributed by atoms with Gasteiger partial charge in [0.2, 0.25) is 15.9 Å². The maximum atomic E-state index is 12.6. The van der Waals surface area contributed by atoms with Gasteiger partial charge < -0.3 is 9.88 Å². The minimum absolute atomic E-state index is 0.0360. The summed E-state index contributed by atoms with van der Waals surface area (Å²) in [6.07, 6.45) is 2.06. The van der Waals surface area contributed by atoms with Crippen LogP contribution in [0.5, 0.6) is 0 Å². The van der Waals surface area contributed by atoms with Gasteiger partial charge in [0.25, 0.3) is 0 Å². The third-order valence-corrected chi connectivity index (χ3v) is 5.68. The van der Waals surface area contributed by atoms with Crippen LogP contribution in [-0.2, 0) is 21.2 Å². The van der Waals surface area contributed by atoms with Crippen molar-refractivity contribution in [2.75, 3.05) is 19.3 Å². The summed E-state index contributed by atoms with van der Waals surface area (Å²) in [5.74, 6) is 1.25. The number of amides is 1. The Hall–Kier alpha value is -1.93. The first-order valence-corrected chi connectivity index (χ1v) is 10.8. The SMILES string of the molecule is CC(C)C1CN(C(=O)CCc2nc3ccccc3[nH]2)CC1NS(C)(=O)=O. The van der Waals surface area contributed by atoms with Crippen molar-refractivity contribution in [2.45, 2.75) is 32.7 Å². The van der Waals surface area contributed by atoms with Crippen LogP contribution < -0.4 is 4.72 Å². The molecule has 0 radical (unpaired) electrons. The van der Waals surface area contributed by atoms with E-state index in [4.69, 9.17) is 0 Å². The number of likely N-dealkylation sites (tertiary alicyclic amines) is 1. The maximum absolute atomic E-state index is 12.6. The predicted molar refractivity (Wildman–Crippen MR) is 101 cm³/mol. The quantitative estimate of drug-likeness (QED) is 0.797. The Kier molecular flexibility index (Phi) is 5.34. The topological polar surface area (TPSA) is 95.2 Å². The molecule has 1 aromatic heterocycles. The van der Waals surface area contributed by atoms with E-state index in [-0.39, 0.29) is 17.9 Å². The van der Waals surface area contributed by atoms with Gasteiger partial charge in [0, 0.05) is 32.0 Å². The van der Waals surface area contributed by atoms with E-state index in [2.05, 4.69) is 28.5 Å². The highest BCUT2D eigenvalue weighted by Crippen LogP contribution is 2.25. The molecule has 7 nitrogen and oxygen atoms in total. The van der Waals surface area contributed by atoms with E-state index in [0.29, 0.717) is 31.8 Å². The second-order valence-electron chi connectivity index (χ2n) is 7.40. The van der Waals surface area contributed by atoms with Crippen LogP contribution in [-0.4, -0.2) is 54.6 Å². The van der Waals surface area contributed by atoms with Gasteiger partial charge in [-0.25, -0.2) is 18.1 Å². The number of carbonyl (C=O) groups excluding carboxylic acids is 1. The molecule has 2 aromatic rings. The number of aromatic nitrogens is 2. The summed E-state index contributed by atoms with van der Waals surface area (Å²) in [6.45, 7) is 5.13.